The molecule has 0 bridgehead atoms. The number of hydrogen-bond donors (Lipinski definition) is 2. The second-order valence-corrected chi connectivity index (χ2v) is 6.65. The van der Waals surface area contributed by atoms with Crippen molar-refractivity contribution in [1.82, 2.24) is 9.62 Å². The van der Waals surface area contributed by atoms with Crippen molar-refractivity contribution in [2.45, 2.75) is 38.1 Å². The van der Waals surface area contributed by atoms with E-state index in [9.17, 15) is 8.42 Å². The zero-order valence-corrected chi connectivity index (χ0v) is 11.4. The Morgan fingerprint density at radius 2 is 2.12 bits per heavy atom. The molecule has 1 unspecified atom stereocenters. The highest BCUT2D eigenvalue weighted by Crippen LogP contribution is 2.14. The van der Waals surface area contributed by atoms with E-state index in [4.69, 9.17) is 5.11 Å². The zero-order valence-electron chi connectivity index (χ0n) is 10.6. The molecule has 1 atom stereocenters. The van der Waals surface area contributed by atoms with E-state index in [-0.39, 0.29) is 12.4 Å². The van der Waals surface area contributed by atoms with E-state index < -0.39 is 10.0 Å². The van der Waals surface area contributed by atoms with Crippen LogP contribution in [0.25, 0.3) is 0 Å². The topological polar surface area (TPSA) is 69.6 Å². The maximum atomic E-state index is 11.6. The summed E-state index contributed by atoms with van der Waals surface area (Å²) in [6.45, 7) is 1.62. The number of likely N-dealkylation sites (N-methyl/N-ethyl adjacent to an activating group) is 1. The van der Waals surface area contributed by atoms with Gasteiger partial charge in [0, 0.05) is 19.2 Å². The number of rotatable bonds is 7. The molecule has 5 nitrogen and oxygen atoms in total. The van der Waals surface area contributed by atoms with Gasteiger partial charge in [-0.3, -0.25) is 0 Å². The summed E-state index contributed by atoms with van der Waals surface area (Å²) in [4.78, 5) is 2.22. The van der Waals surface area contributed by atoms with E-state index in [1.165, 1.54) is 12.8 Å². The highest BCUT2D eigenvalue weighted by atomic mass is 32.2. The van der Waals surface area contributed by atoms with Crippen LogP contribution >= 0.6 is 0 Å². The number of likely N-dealkylation sites (tertiary alicyclic amines) is 1. The fourth-order valence-electron chi connectivity index (χ4n) is 2.10. The zero-order chi connectivity index (χ0) is 12.7. The largest absolute Gasteiger partial charge is 0.396 e. The molecule has 0 aromatic heterocycles. The summed E-state index contributed by atoms with van der Waals surface area (Å²) in [6.07, 6.45) is 4.52. The van der Waals surface area contributed by atoms with Gasteiger partial charge in [0.05, 0.1) is 5.75 Å². The molecule has 0 aromatic rings. The maximum Gasteiger partial charge on any atom is 0.211 e. The average Bonchev–Trinajstić information content (AvgIpc) is 2.28. The standard InChI is InChI=1S/C11H24N2O3S/c1-13-7-3-2-6-11(13)10-12-17(15,16)9-5-4-8-14/h11-12,14H,2-10H2,1H3. The van der Waals surface area contributed by atoms with Crippen LogP contribution in [-0.4, -0.2) is 57.0 Å². The lowest BCUT2D eigenvalue weighted by atomic mass is 10.0. The summed E-state index contributed by atoms with van der Waals surface area (Å²) in [5, 5.41) is 8.61. The minimum Gasteiger partial charge on any atom is -0.396 e. The molecule has 1 saturated heterocycles. The molecule has 6 heteroatoms. The molecule has 0 aliphatic carbocycles. The van der Waals surface area contributed by atoms with Crippen LogP contribution in [-0.2, 0) is 10.0 Å². The predicted molar refractivity (Wildman–Crippen MR) is 68.4 cm³/mol. The highest BCUT2D eigenvalue weighted by molar-refractivity contribution is 7.89. The van der Waals surface area contributed by atoms with Crippen molar-refractivity contribution in [3.05, 3.63) is 0 Å². The van der Waals surface area contributed by atoms with Gasteiger partial charge >= 0.3 is 0 Å². The first-order chi connectivity index (χ1) is 8.05. The fraction of sp³-hybridized carbons (Fsp3) is 1.00. The molecule has 2 N–H and O–H groups in total. The number of nitrogens with zero attached hydrogens (tertiary/aromatic N) is 1. The summed E-state index contributed by atoms with van der Waals surface area (Å²) in [7, 11) is -1.12. The van der Waals surface area contributed by atoms with Gasteiger partial charge in [-0.2, -0.15) is 0 Å². The monoisotopic (exact) mass is 264 g/mol. The van der Waals surface area contributed by atoms with Crippen molar-refractivity contribution in [3.8, 4) is 0 Å². The molecular formula is C11H24N2O3S. The van der Waals surface area contributed by atoms with Crippen LogP contribution in [0.5, 0.6) is 0 Å². The smallest absolute Gasteiger partial charge is 0.211 e. The van der Waals surface area contributed by atoms with Crippen LogP contribution in [0.2, 0.25) is 0 Å². The molecule has 0 spiro atoms. The number of nitrogens with one attached hydrogen (secondary N) is 1. The number of sulfonamides is 1. The molecule has 0 amide bonds. The third-order valence-electron chi connectivity index (χ3n) is 3.28. The van der Waals surface area contributed by atoms with Gasteiger partial charge in [0.1, 0.15) is 0 Å². The van der Waals surface area contributed by atoms with Crippen molar-refractivity contribution in [3.63, 3.8) is 0 Å². The van der Waals surface area contributed by atoms with Crippen molar-refractivity contribution in [1.29, 1.82) is 0 Å². The second-order valence-electron chi connectivity index (χ2n) is 4.73. The van der Waals surface area contributed by atoms with E-state index in [0.29, 0.717) is 25.4 Å². The number of aliphatic hydroxyl groups excluding tert-OH is 1. The fourth-order valence-corrected chi connectivity index (χ4v) is 3.28. The van der Waals surface area contributed by atoms with Crippen molar-refractivity contribution in [2.24, 2.45) is 0 Å². The summed E-state index contributed by atoms with van der Waals surface area (Å²) < 4.78 is 26.0. The van der Waals surface area contributed by atoms with Gasteiger partial charge in [0.25, 0.3) is 0 Å². The summed E-state index contributed by atoms with van der Waals surface area (Å²) in [5.74, 6) is 0.115. The van der Waals surface area contributed by atoms with Crippen LogP contribution in [0, 0.1) is 0 Å². The Bertz CT molecular complexity index is 306. The Morgan fingerprint density at radius 1 is 1.35 bits per heavy atom. The molecule has 1 fully saturated rings. The third kappa shape index (κ3) is 5.81. The van der Waals surface area contributed by atoms with Crippen LogP contribution in [0.3, 0.4) is 0 Å². The lowest BCUT2D eigenvalue weighted by Gasteiger charge is -2.32. The number of aliphatic hydroxyl groups is 1. The molecule has 102 valence electrons. The SMILES string of the molecule is CN1CCCCC1CNS(=O)(=O)CCCCO. The first-order valence-corrected chi connectivity index (χ1v) is 7.99. The van der Waals surface area contributed by atoms with Gasteiger partial charge in [-0.1, -0.05) is 6.42 Å². The normalized spacial score (nSPS) is 22.8. The Labute approximate surface area is 104 Å². The van der Waals surface area contributed by atoms with Gasteiger partial charge < -0.3 is 10.0 Å². The van der Waals surface area contributed by atoms with Crippen molar-refractivity contribution >= 4 is 10.0 Å². The lowest BCUT2D eigenvalue weighted by Crippen LogP contribution is -2.44. The molecule has 0 radical (unpaired) electrons. The Kier molecular flexibility index (Phi) is 6.40. The molecule has 1 aliphatic rings. The van der Waals surface area contributed by atoms with Gasteiger partial charge in [-0.15, -0.1) is 0 Å². The quantitative estimate of drug-likeness (QED) is 0.643. The van der Waals surface area contributed by atoms with Crippen LogP contribution in [0.1, 0.15) is 32.1 Å². The van der Waals surface area contributed by atoms with Gasteiger partial charge in [-0.05, 0) is 39.3 Å². The summed E-state index contributed by atoms with van der Waals surface area (Å²) in [5.41, 5.74) is 0. The van der Waals surface area contributed by atoms with Crippen molar-refractivity contribution in [2.75, 3.05) is 32.5 Å². The van der Waals surface area contributed by atoms with Crippen LogP contribution in [0.4, 0.5) is 0 Å². The van der Waals surface area contributed by atoms with E-state index in [2.05, 4.69) is 9.62 Å². The van der Waals surface area contributed by atoms with E-state index in [1.54, 1.807) is 0 Å². The Morgan fingerprint density at radius 3 is 2.76 bits per heavy atom. The van der Waals surface area contributed by atoms with Crippen molar-refractivity contribution < 1.29 is 13.5 Å². The molecule has 1 rings (SSSR count). The first-order valence-electron chi connectivity index (χ1n) is 6.33. The number of hydrogen-bond acceptors (Lipinski definition) is 4. The third-order valence-corrected chi connectivity index (χ3v) is 4.71. The minimum absolute atomic E-state index is 0.0564. The van der Waals surface area contributed by atoms with E-state index in [1.807, 2.05) is 7.05 Å². The molecule has 0 aromatic carbocycles. The lowest BCUT2D eigenvalue weighted by molar-refractivity contribution is 0.187. The first kappa shape index (κ1) is 14.9. The maximum absolute atomic E-state index is 11.6. The summed E-state index contributed by atoms with van der Waals surface area (Å²) in [6, 6.07) is 0.330. The Balaban J connectivity index is 2.28. The van der Waals surface area contributed by atoms with Crippen LogP contribution in [0.15, 0.2) is 0 Å². The predicted octanol–water partition coefficient (Wildman–Crippen LogP) is 0.163. The highest BCUT2D eigenvalue weighted by Gasteiger charge is 2.20. The second kappa shape index (κ2) is 7.31. The van der Waals surface area contributed by atoms with Crippen LogP contribution < -0.4 is 4.72 Å². The minimum atomic E-state index is -3.16. The van der Waals surface area contributed by atoms with E-state index in [0.717, 1.165) is 13.0 Å². The number of unbranched alkanes of at least 4 members (excludes halogenated alkanes) is 1. The average molecular weight is 264 g/mol. The Hall–Kier alpha value is -0.170. The number of piperidine rings is 1. The summed E-state index contributed by atoms with van der Waals surface area (Å²) >= 11 is 0. The molecule has 1 aliphatic heterocycles. The molecular weight excluding hydrogens is 240 g/mol. The van der Waals surface area contributed by atoms with E-state index >= 15 is 0 Å². The molecule has 17 heavy (non-hydrogen) atoms. The van der Waals surface area contributed by atoms with Gasteiger partial charge in [-0.25, -0.2) is 13.1 Å². The molecule has 0 saturated carbocycles. The van der Waals surface area contributed by atoms with Gasteiger partial charge in [0.2, 0.25) is 10.0 Å². The molecule has 1 heterocycles. The van der Waals surface area contributed by atoms with Gasteiger partial charge in [0.15, 0.2) is 0 Å².